The van der Waals surface area contributed by atoms with Gasteiger partial charge in [0.2, 0.25) is 11.3 Å². The standard InChI is InChI=1S/C29H31FN2O4/c1-17(22-7-9-23(30)10-8-22)13-15-35-29-27(34-16-14-21-5-11-24(31)12-6-21)25(19(3)33)18(2)26-28(29)36-20(4)32-26/h5-12,17H,13-16,31H2,1-4H3. The third-order valence-corrected chi connectivity index (χ3v) is 6.31. The van der Waals surface area contributed by atoms with Crippen molar-refractivity contribution in [1.82, 2.24) is 4.98 Å². The average Bonchev–Trinajstić information content (AvgIpc) is 3.24. The van der Waals surface area contributed by atoms with Crippen LogP contribution in [0.2, 0.25) is 0 Å². The molecule has 1 aromatic heterocycles. The lowest BCUT2D eigenvalue weighted by Crippen LogP contribution is -2.11. The van der Waals surface area contributed by atoms with Gasteiger partial charge in [0.25, 0.3) is 0 Å². The van der Waals surface area contributed by atoms with Gasteiger partial charge in [-0.3, -0.25) is 4.79 Å². The molecule has 6 nitrogen and oxygen atoms in total. The summed E-state index contributed by atoms with van der Waals surface area (Å²) in [7, 11) is 0. The summed E-state index contributed by atoms with van der Waals surface area (Å²) < 4.78 is 31.7. The first-order chi connectivity index (χ1) is 17.2. The Balaban J connectivity index is 1.61. The van der Waals surface area contributed by atoms with Crippen molar-refractivity contribution in [2.45, 2.75) is 46.5 Å². The zero-order chi connectivity index (χ0) is 25.8. The molecule has 1 heterocycles. The molecule has 0 aliphatic rings. The van der Waals surface area contributed by atoms with Crippen LogP contribution in [0.1, 0.15) is 59.1 Å². The van der Waals surface area contributed by atoms with Crippen LogP contribution in [0.15, 0.2) is 52.9 Å². The molecule has 4 rings (SSSR count). The molecule has 3 aromatic carbocycles. The number of rotatable bonds is 10. The Morgan fingerprint density at radius 3 is 2.36 bits per heavy atom. The maximum absolute atomic E-state index is 13.3. The molecular formula is C29H31FN2O4. The number of halogens is 1. The minimum Gasteiger partial charge on any atom is -0.488 e. The summed E-state index contributed by atoms with van der Waals surface area (Å²) in [5.74, 6) is 0.972. The van der Waals surface area contributed by atoms with Gasteiger partial charge in [0.1, 0.15) is 11.3 Å². The second-order valence-electron chi connectivity index (χ2n) is 9.05. The number of nitrogens with zero attached hydrogens (tertiary/aromatic N) is 1. The third-order valence-electron chi connectivity index (χ3n) is 6.31. The molecule has 1 unspecified atom stereocenters. The fourth-order valence-corrected chi connectivity index (χ4v) is 4.28. The van der Waals surface area contributed by atoms with Crippen molar-refractivity contribution >= 4 is 22.6 Å². The van der Waals surface area contributed by atoms with E-state index < -0.39 is 0 Å². The summed E-state index contributed by atoms with van der Waals surface area (Å²) >= 11 is 0. The highest BCUT2D eigenvalue weighted by atomic mass is 19.1. The van der Waals surface area contributed by atoms with Gasteiger partial charge in [-0.05, 0) is 67.1 Å². The first-order valence-electron chi connectivity index (χ1n) is 12.0. The number of hydrogen-bond donors (Lipinski definition) is 1. The molecule has 0 amide bonds. The second-order valence-corrected chi connectivity index (χ2v) is 9.05. The number of aryl methyl sites for hydroxylation is 2. The van der Waals surface area contributed by atoms with Crippen LogP contribution in [0.4, 0.5) is 10.1 Å². The summed E-state index contributed by atoms with van der Waals surface area (Å²) in [5.41, 5.74) is 10.8. The number of ketones is 1. The molecule has 0 aliphatic heterocycles. The van der Waals surface area contributed by atoms with Gasteiger partial charge in [0.05, 0.1) is 18.8 Å². The largest absolute Gasteiger partial charge is 0.488 e. The molecule has 0 bridgehead atoms. The summed E-state index contributed by atoms with van der Waals surface area (Å²) in [5, 5.41) is 0. The van der Waals surface area contributed by atoms with E-state index in [1.54, 1.807) is 19.1 Å². The first kappa shape index (κ1) is 25.2. The van der Waals surface area contributed by atoms with Crippen LogP contribution < -0.4 is 15.2 Å². The predicted octanol–water partition coefficient (Wildman–Crippen LogP) is 6.56. The molecule has 0 saturated heterocycles. The van der Waals surface area contributed by atoms with E-state index in [-0.39, 0.29) is 17.5 Å². The van der Waals surface area contributed by atoms with E-state index >= 15 is 0 Å². The molecule has 36 heavy (non-hydrogen) atoms. The number of carbonyl (C=O) groups is 1. The lowest BCUT2D eigenvalue weighted by Gasteiger charge is -2.19. The number of nitrogen functional groups attached to an aromatic ring is 1. The normalized spacial score (nSPS) is 12.0. The average molecular weight is 491 g/mol. The molecular weight excluding hydrogens is 459 g/mol. The van der Waals surface area contributed by atoms with Gasteiger partial charge < -0.3 is 19.6 Å². The highest BCUT2D eigenvalue weighted by molar-refractivity contribution is 6.05. The van der Waals surface area contributed by atoms with Crippen LogP contribution in [0.3, 0.4) is 0 Å². The molecule has 1 atom stereocenters. The van der Waals surface area contributed by atoms with Crippen LogP contribution in [0, 0.1) is 19.7 Å². The number of ether oxygens (including phenoxy) is 2. The predicted molar refractivity (Wildman–Crippen MR) is 138 cm³/mol. The number of aromatic nitrogens is 1. The van der Waals surface area contributed by atoms with Gasteiger partial charge in [-0.1, -0.05) is 31.2 Å². The molecule has 0 saturated carbocycles. The Hall–Kier alpha value is -3.87. The topological polar surface area (TPSA) is 87.6 Å². The molecule has 0 fully saturated rings. The number of benzene rings is 3. The lowest BCUT2D eigenvalue weighted by atomic mass is 9.98. The monoisotopic (exact) mass is 490 g/mol. The van der Waals surface area contributed by atoms with Crippen LogP contribution in [-0.2, 0) is 6.42 Å². The minimum atomic E-state index is -0.262. The smallest absolute Gasteiger partial charge is 0.207 e. The Morgan fingerprint density at radius 1 is 1.03 bits per heavy atom. The van der Waals surface area contributed by atoms with E-state index in [2.05, 4.69) is 11.9 Å². The van der Waals surface area contributed by atoms with Crippen molar-refractivity contribution in [2.24, 2.45) is 0 Å². The van der Waals surface area contributed by atoms with Crippen molar-refractivity contribution in [1.29, 1.82) is 0 Å². The van der Waals surface area contributed by atoms with Crippen LogP contribution >= 0.6 is 0 Å². The van der Waals surface area contributed by atoms with E-state index in [0.29, 0.717) is 71.4 Å². The number of hydrogen-bond acceptors (Lipinski definition) is 6. The molecule has 2 N–H and O–H groups in total. The van der Waals surface area contributed by atoms with Gasteiger partial charge in [0, 0.05) is 19.0 Å². The van der Waals surface area contributed by atoms with E-state index in [9.17, 15) is 9.18 Å². The molecule has 0 spiro atoms. The maximum Gasteiger partial charge on any atom is 0.207 e. The molecule has 7 heteroatoms. The number of nitrogens with two attached hydrogens (primary N) is 1. The fourth-order valence-electron chi connectivity index (χ4n) is 4.28. The van der Waals surface area contributed by atoms with E-state index in [1.807, 2.05) is 31.2 Å². The van der Waals surface area contributed by atoms with Crippen molar-refractivity contribution in [3.8, 4) is 11.5 Å². The Labute approximate surface area is 210 Å². The van der Waals surface area contributed by atoms with Crippen molar-refractivity contribution in [3.05, 3.63) is 82.5 Å². The first-order valence-corrected chi connectivity index (χ1v) is 12.0. The lowest BCUT2D eigenvalue weighted by molar-refractivity contribution is 0.101. The van der Waals surface area contributed by atoms with Gasteiger partial charge >= 0.3 is 0 Å². The number of Topliss-reactive ketones (excluding diaryl/α,β-unsaturated/α-hetero) is 1. The Bertz CT molecular complexity index is 1360. The quantitative estimate of drug-likeness (QED) is 0.200. The summed E-state index contributed by atoms with van der Waals surface area (Å²) in [6, 6.07) is 14.1. The van der Waals surface area contributed by atoms with Crippen molar-refractivity contribution in [2.75, 3.05) is 18.9 Å². The number of carbonyl (C=O) groups excluding carboxylic acids is 1. The third kappa shape index (κ3) is 5.51. The summed E-state index contributed by atoms with van der Waals surface area (Å²) in [4.78, 5) is 17.2. The van der Waals surface area contributed by atoms with Crippen molar-refractivity contribution < 1.29 is 23.1 Å². The van der Waals surface area contributed by atoms with Crippen molar-refractivity contribution in [3.63, 3.8) is 0 Å². The SMILES string of the molecule is CC(=O)c1c(OCCc2ccc(N)cc2)c(OCCC(C)c2ccc(F)cc2)c2oc(C)nc2c1C. The number of oxazole rings is 1. The maximum atomic E-state index is 13.3. The van der Waals surface area contributed by atoms with Crippen LogP contribution in [-0.4, -0.2) is 24.0 Å². The zero-order valence-corrected chi connectivity index (χ0v) is 21.1. The van der Waals surface area contributed by atoms with E-state index in [1.165, 1.54) is 19.1 Å². The second kappa shape index (κ2) is 10.8. The molecule has 4 aromatic rings. The van der Waals surface area contributed by atoms with Gasteiger partial charge in [-0.25, -0.2) is 9.37 Å². The van der Waals surface area contributed by atoms with Crippen LogP contribution in [0.25, 0.3) is 11.1 Å². The minimum absolute atomic E-state index is 0.137. The number of anilines is 1. The van der Waals surface area contributed by atoms with E-state index in [0.717, 1.165) is 11.1 Å². The highest BCUT2D eigenvalue weighted by Gasteiger charge is 2.26. The van der Waals surface area contributed by atoms with Gasteiger partial charge in [-0.2, -0.15) is 0 Å². The van der Waals surface area contributed by atoms with Crippen LogP contribution in [0.5, 0.6) is 11.5 Å². The van der Waals surface area contributed by atoms with E-state index in [4.69, 9.17) is 19.6 Å². The zero-order valence-electron chi connectivity index (χ0n) is 21.1. The molecule has 0 radical (unpaired) electrons. The summed E-state index contributed by atoms with van der Waals surface area (Å²) in [6.45, 7) is 7.86. The van der Waals surface area contributed by atoms with Gasteiger partial charge in [0.15, 0.2) is 17.4 Å². The molecule has 0 aliphatic carbocycles. The Kier molecular flexibility index (Phi) is 7.58. The summed E-state index contributed by atoms with van der Waals surface area (Å²) in [6.07, 6.45) is 1.31. The van der Waals surface area contributed by atoms with Gasteiger partial charge in [-0.15, -0.1) is 0 Å². The number of fused-ring (bicyclic) bond motifs is 1. The highest BCUT2D eigenvalue weighted by Crippen LogP contribution is 2.43. The molecule has 188 valence electrons. The Morgan fingerprint density at radius 2 is 1.69 bits per heavy atom. The fraction of sp³-hybridized carbons (Fsp3) is 0.310.